The molecule has 0 bridgehead atoms. The fraction of sp³-hybridized carbons (Fsp3) is 0.837. The Hall–Kier alpha value is -8.48. The summed E-state index contributed by atoms with van der Waals surface area (Å²) in [6.07, 6.45) is 39.6. The van der Waals surface area contributed by atoms with Crippen molar-refractivity contribution in [3.05, 3.63) is 0 Å². The topological polar surface area (TPSA) is 432 Å². The van der Waals surface area contributed by atoms with Crippen LogP contribution in [0.1, 0.15) is 431 Å². The highest BCUT2D eigenvalue weighted by atomic mass is 16.6. The van der Waals surface area contributed by atoms with Gasteiger partial charge in [0.05, 0.1) is 99.1 Å². The molecule has 0 saturated heterocycles. The van der Waals surface area contributed by atoms with Gasteiger partial charge in [-0.05, 0) is 295 Å². The number of carboxylic acid groups (broad SMARTS) is 1. The molecule has 0 radical (unpaired) electrons. The summed E-state index contributed by atoms with van der Waals surface area (Å²) in [6, 6.07) is 0. The zero-order chi connectivity index (χ0) is 95.1. The van der Waals surface area contributed by atoms with Gasteiger partial charge in [0.1, 0.15) is 0 Å². The maximum atomic E-state index is 12.2. The lowest BCUT2D eigenvalue weighted by Crippen LogP contribution is -2.09. The van der Waals surface area contributed by atoms with E-state index >= 15 is 0 Å². The van der Waals surface area contributed by atoms with Crippen LogP contribution in [0.15, 0.2) is 0 Å². The van der Waals surface area contributed by atoms with Gasteiger partial charge < -0.3 is 76.2 Å². The number of carbonyl (C=O) groups excluding carboxylic acids is 15. The Bertz CT molecular complexity index is 2840. The van der Waals surface area contributed by atoms with Crippen molar-refractivity contribution in [2.24, 2.45) is 0 Å². The molecule has 0 aromatic rings. The fourth-order valence-electron chi connectivity index (χ4n) is 13.0. The normalized spacial score (nSPS) is 10.9. The molecule has 0 amide bonds. The highest BCUT2D eigenvalue weighted by molar-refractivity contribution is 5.74. The highest BCUT2D eigenvalue weighted by Gasteiger charge is 2.16. The minimum absolute atomic E-state index is 0.115. The number of aliphatic carboxylic acids is 1. The highest BCUT2D eigenvalue weighted by Crippen LogP contribution is 2.17. The maximum Gasteiger partial charge on any atom is 0.305 e. The molecule has 750 valence electrons. The molecule has 32 heteroatoms. The van der Waals surface area contributed by atoms with E-state index in [4.69, 9.17) is 76.2 Å². The monoisotopic (exact) mass is 1860 g/mol. The lowest BCUT2D eigenvalue weighted by Gasteiger charge is -2.07. The Balaban J connectivity index is 3.54. The Labute approximate surface area is 774 Å². The summed E-state index contributed by atoms with van der Waals surface area (Å²) in [7, 11) is 0. The van der Waals surface area contributed by atoms with Gasteiger partial charge in [-0.15, -0.1) is 0 Å². The van der Waals surface area contributed by atoms with Crippen molar-refractivity contribution in [3.63, 3.8) is 0 Å². The van der Waals surface area contributed by atoms with Crippen molar-refractivity contribution >= 4 is 95.5 Å². The van der Waals surface area contributed by atoms with Crippen molar-refractivity contribution in [2.45, 2.75) is 431 Å². The third kappa shape index (κ3) is 94.2. The molecule has 0 fully saturated rings. The van der Waals surface area contributed by atoms with Crippen molar-refractivity contribution in [1.82, 2.24) is 0 Å². The van der Waals surface area contributed by atoms with Crippen molar-refractivity contribution < 1.29 is 153 Å². The zero-order valence-corrected chi connectivity index (χ0v) is 79.4. The minimum Gasteiger partial charge on any atom is -0.481 e. The van der Waals surface area contributed by atoms with Gasteiger partial charge in [-0.25, -0.2) is 0 Å². The molecule has 0 spiro atoms. The first-order valence-electron chi connectivity index (χ1n) is 49.7. The first kappa shape index (κ1) is 122. The summed E-state index contributed by atoms with van der Waals surface area (Å²) in [5, 5.41) is 8.63. The average Bonchev–Trinajstić information content (AvgIpc) is 0.970. The molecular formula is C98H166O32. The smallest absolute Gasteiger partial charge is 0.305 e. The largest absolute Gasteiger partial charge is 0.481 e. The van der Waals surface area contributed by atoms with Crippen LogP contribution in [0, 0.1) is 0 Å². The predicted molar refractivity (Wildman–Crippen MR) is 482 cm³/mol. The summed E-state index contributed by atoms with van der Waals surface area (Å²) in [4.78, 5) is 192. The van der Waals surface area contributed by atoms with E-state index in [9.17, 15) is 76.7 Å². The Morgan fingerprint density at radius 1 is 0.123 bits per heavy atom. The molecule has 0 aliphatic carbocycles. The Morgan fingerprint density at radius 2 is 0.208 bits per heavy atom. The summed E-state index contributed by atoms with van der Waals surface area (Å²) < 4.78 is 79.4. The van der Waals surface area contributed by atoms with Crippen LogP contribution in [0.2, 0.25) is 0 Å². The first-order valence-corrected chi connectivity index (χ1v) is 49.7. The summed E-state index contributed by atoms with van der Waals surface area (Å²) in [6.45, 7) is 6.45. The van der Waals surface area contributed by atoms with Gasteiger partial charge in [0.2, 0.25) is 0 Å². The predicted octanol–water partition coefficient (Wildman–Crippen LogP) is 19.0. The standard InChI is InChI=1S/C98H166O32/c1-2-3-4-5-22-53-84(101)117-69-38-7-24-55-86(103)119-71-40-9-26-57-88(105)121-73-42-11-28-59-90(107)123-75-44-13-30-61-92(109)125-77-46-15-32-63-94(111)127-79-48-17-34-65-96(113)129-81-50-19-36-67-98(115)130-82-51-20-35-66-97(114)128-80-49-18-33-64-95(112)126-78-47-16-31-62-93(110)124-76-45-14-29-60-91(108)122-74-43-12-27-58-89(106)120-72-41-10-25-56-87(104)118-70-39-8-23-54-85(102)116-68-37-6-21-52-83(99)100/h2-82H2,1H3,(H,99,100). The summed E-state index contributed by atoms with van der Waals surface area (Å²) in [5.41, 5.74) is 0. The van der Waals surface area contributed by atoms with Crippen LogP contribution in [0.5, 0.6) is 0 Å². The molecule has 1 N–H and O–H groups in total. The van der Waals surface area contributed by atoms with Crippen molar-refractivity contribution in [1.29, 1.82) is 0 Å². The maximum absolute atomic E-state index is 12.2. The second kappa shape index (κ2) is 93.7. The number of hydrogen-bond donors (Lipinski definition) is 1. The number of esters is 15. The lowest BCUT2D eigenvalue weighted by molar-refractivity contribution is -0.146. The molecule has 0 unspecified atom stereocenters. The van der Waals surface area contributed by atoms with Crippen LogP contribution in [-0.2, 0) is 148 Å². The van der Waals surface area contributed by atoms with Crippen molar-refractivity contribution in [3.8, 4) is 0 Å². The SMILES string of the molecule is CCCCCCCC(=O)OCCCCCC(=O)OCCCCCC(=O)OCCCCCC(=O)OCCCCCC(=O)OCCCCCC(=O)OCCCCCC(=O)OCCCCCC(=O)OCCCCCC(=O)OCCCCCC(=O)OCCCCCC(=O)OCCCCCC(=O)OCCCCCC(=O)OCCCCCC(=O)OCCCCCC(=O)OCCCCCC(=O)O. The van der Waals surface area contributed by atoms with Gasteiger partial charge in [0, 0.05) is 103 Å². The number of carbonyl (C=O) groups is 16. The molecular weight excluding hydrogens is 1690 g/mol. The molecule has 0 aliphatic rings. The van der Waals surface area contributed by atoms with E-state index in [2.05, 4.69) is 6.92 Å². The van der Waals surface area contributed by atoms with Gasteiger partial charge in [-0.3, -0.25) is 76.7 Å². The summed E-state index contributed by atoms with van der Waals surface area (Å²) >= 11 is 0. The van der Waals surface area contributed by atoms with Gasteiger partial charge in [0.25, 0.3) is 0 Å². The van der Waals surface area contributed by atoms with E-state index in [0.29, 0.717) is 309 Å². The molecule has 0 rings (SSSR count). The molecule has 130 heavy (non-hydrogen) atoms. The van der Waals surface area contributed by atoms with Gasteiger partial charge in [-0.2, -0.15) is 0 Å². The molecule has 0 atom stereocenters. The van der Waals surface area contributed by atoms with Crippen molar-refractivity contribution in [2.75, 3.05) is 99.1 Å². The molecule has 0 heterocycles. The van der Waals surface area contributed by atoms with Crippen LogP contribution in [-0.4, -0.2) is 200 Å². The number of carboxylic acids is 1. The molecule has 32 nitrogen and oxygen atoms in total. The van der Waals surface area contributed by atoms with Gasteiger partial charge >= 0.3 is 95.5 Å². The van der Waals surface area contributed by atoms with E-state index in [1.54, 1.807) is 0 Å². The number of unbranched alkanes of at least 4 members (excludes halogenated alkanes) is 34. The molecule has 0 aromatic carbocycles. The third-order valence-electron chi connectivity index (χ3n) is 20.8. The Morgan fingerprint density at radius 3 is 0.300 bits per heavy atom. The van der Waals surface area contributed by atoms with E-state index in [-0.39, 0.29) is 233 Å². The second-order valence-corrected chi connectivity index (χ2v) is 33.0. The number of ether oxygens (including phenoxy) is 15. The number of hydrogen-bond acceptors (Lipinski definition) is 31. The van der Waals surface area contributed by atoms with E-state index < -0.39 is 5.97 Å². The van der Waals surface area contributed by atoms with E-state index in [0.717, 1.165) is 57.8 Å². The molecule has 0 aromatic heterocycles. The quantitative estimate of drug-likeness (QED) is 0.0336. The zero-order valence-electron chi connectivity index (χ0n) is 79.4. The minimum atomic E-state index is -0.831. The van der Waals surface area contributed by atoms with Crippen LogP contribution < -0.4 is 0 Å². The fourth-order valence-corrected chi connectivity index (χ4v) is 13.0. The average molecular weight is 1860 g/mol. The van der Waals surface area contributed by atoms with Crippen LogP contribution >= 0.6 is 0 Å². The number of rotatable bonds is 96. The van der Waals surface area contributed by atoms with Gasteiger partial charge in [-0.1, -0.05) is 32.6 Å². The van der Waals surface area contributed by atoms with E-state index in [1.165, 1.54) is 12.8 Å². The Kier molecular flexibility index (Phi) is 87.6. The van der Waals surface area contributed by atoms with Crippen LogP contribution in [0.4, 0.5) is 0 Å². The first-order chi connectivity index (χ1) is 63.2. The lowest BCUT2D eigenvalue weighted by atomic mass is 10.1. The third-order valence-corrected chi connectivity index (χ3v) is 20.8. The van der Waals surface area contributed by atoms with Crippen LogP contribution in [0.3, 0.4) is 0 Å². The molecule has 0 aliphatic heterocycles. The molecule has 0 saturated carbocycles. The van der Waals surface area contributed by atoms with Gasteiger partial charge in [0.15, 0.2) is 0 Å². The van der Waals surface area contributed by atoms with E-state index in [1.807, 2.05) is 0 Å². The van der Waals surface area contributed by atoms with Crippen LogP contribution in [0.25, 0.3) is 0 Å². The second-order valence-electron chi connectivity index (χ2n) is 33.0. The summed E-state index contributed by atoms with van der Waals surface area (Å²) in [5.74, 6) is -4.97.